The number of carbonyl (C=O) groups is 1. The van der Waals surface area contributed by atoms with E-state index in [1.54, 1.807) is 0 Å². The molecule has 0 saturated carbocycles. The van der Waals surface area contributed by atoms with Gasteiger partial charge in [0, 0.05) is 6.08 Å². The van der Waals surface area contributed by atoms with Crippen molar-refractivity contribution >= 4 is 5.97 Å². The lowest BCUT2D eigenvalue weighted by molar-refractivity contribution is -0.142. The van der Waals surface area contributed by atoms with Crippen LogP contribution in [0.1, 0.15) is 23.6 Å². The van der Waals surface area contributed by atoms with E-state index in [0.29, 0.717) is 0 Å². The highest BCUT2D eigenvalue weighted by atomic mass is 16.6. The molecular formula is C25H22O3. The van der Waals surface area contributed by atoms with Crippen LogP contribution in [-0.2, 0) is 19.9 Å². The van der Waals surface area contributed by atoms with Gasteiger partial charge in [0.1, 0.15) is 11.7 Å². The Balaban J connectivity index is 1.84. The number of esters is 1. The number of cyclic esters (lactones) is 1. The normalized spacial score (nSPS) is 16.5. The fourth-order valence-corrected chi connectivity index (χ4v) is 3.68. The lowest BCUT2D eigenvalue weighted by Gasteiger charge is -2.36. The van der Waals surface area contributed by atoms with Crippen LogP contribution < -0.4 is 0 Å². The Kier molecular flexibility index (Phi) is 5.09. The average molecular weight is 370 g/mol. The van der Waals surface area contributed by atoms with Gasteiger partial charge in [0.25, 0.3) is 0 Å². The molecule has 0 aromatic heterocycles. The van der Waals surface area contributed by atoms with Crippen molar-refractivity contribution in [3.8, 4) is 0 Å². The molecule has 3 aromatic rings. The number of hydrogen-bond donors (Lipinski definition) is 0. The summed E-state index contributed by atoms with van der Waals surface area (Å²) in [4.78, 5) is 11.6. The van der Waals surface area contributed by atoms with Crippen molar-refractivity contribution in [3.63, 3.8) is 0 Å². The SMILES string of the molecule is CC1=CC(=O)OC1COC(c1ccccc1)(c1ccccc1)c1ccccc1. The largest absolute Gasteiger partial charge is 0.452 e. The minimum absolute atomic E-state index is 0.271. The van der Waals surface area contributed by atoms with Crippen molar-refractivity contribution in [2.24, 2.45) is 0 Å². The first-order valence-electron chi connectivity index (χ1n) is 9.39. The zero-order chi connectivity index (χ0) is 19.4. The quantitative estimate of drug-likeness (QED) is 0.459. The summed E-state index contributed by atoms with van der Waals surface area (Å²) in [6.07, 6.45) is 1.16. The molecule has 4 rings (SSSR count). The third-order valence-corrected chi connectivity index (χ3v) is 5.10. The molecule has 0 radical (unpaired) electrons. The number of ether oxygens (including phenoxy) is 2. The topological polar surface area (TPSA) is 35.5 Å². The molecule has 140 valence electrons. The smallest absolute Gasteiger partial charge is 0.331 e. The van der Waals surface area contributed by atoms with Crippen LogP contribution in [0.3, 0.4) is 0 Å². The van der Waals surface area contributed by atoms with Gasteiger partial charge in [-0.1, -0.05) is 91.0 Å². The molecule has 0 fully saturated rings. The molecule has 1 aliphatic heterocycles. The molecular weight excluding hydrogens is 348 g/mol. The van der Waals surface area contributed by atoms with E-state index in [1.165, 1.54) is 6.08 Å². The Morgan fingerprint density at radius 3 is 1.57 bits per heavy atom. The summed E-state index contributed by atoms with van der Waals surface area (Å²) in [7, 11) is 0. The molecule has 0 bridgehead atoms. The zero-order valence-electron chi connectivity index (χ0n) is 15.7. The van der Waals surface area contributed by atoms with Crippen LogP contribution in [0.5, 0.6) is 0 Å². The molecule has 3 aromatic carbocycles. The third-order valence-electron chi connectivity index (χ3n) is 5.10. The summed E-state index contributed by atoms with van der Waals surface area (Å²) >= 11 is 0. The molecule has 1 atom stereocenters. The highest BCUT2D eigenvalue weighted by Crippen LogP contribution is 2.40. The van der Waals surface area contributed by atoms with Crippen LogP contribution in [0, 0.1) is 0 Å². The molecule has 0 aliphatic carbocycles. The van der Waals surface area contributed by atoms with Gasteiger partial charge in [0.15, 0.2) is 0 Å². The monoisotopic (exact) mass is 370 g/mol. The Labute approximate surface area is 165 Å². The van der Waals surface area contributed by atoms with Gasteiger partial charge in [-0.05, 0) is 29.2 Å². The lowest BCUT2D eigenvalue weighted by Crippen LogP contribution is -2.36. The van der Waals surface area contributed by atoms with E-state index in [1.807, 2.05) is 61.5 Å². The second kappa shape index (κ2) is 7.83. The Morgan fingerprint density at radius 2 is 1.21 bits per heavy atom. The first kappa shape index (κ1) is 18.2. The van der Waals surface area contributed by atoms with E-state index in [4.69, 9.17) is 9.47 Å². The van der Waals surface area contributed by atoms with Crippen molar-refractivity contribution in [2.75, 3.05) is 6.61 Å². The van der Waals surface area contributed by atoms with E-state index in [9.17, 15) is 4.79 Å². The van der Waals surface area contributed by atoms with Crippen LogP contribution >= 0.6 is 0 Å². The molecule has 1 unspecified atom stereocenters. The standard InChI is InChI=1S/C25H22O3/c1-19-17-24(26)28-23(19)18-27-25(20-11-5-2-6-12-20,21-13-7-3-8-14-21)22-15-9-4-10-16-22/h2-17,23H,18H2,1H3. The zero-order valence-corrected chi connectivity index (χ0v) is 15.7. The predicted molar refractivity (Wildman–Crippen MR) is 109 cm³/mol. The Morgan fingerprint density at radius 1 is 0.786 bits per heavy atom. The molecule has 28 heavy (non-hydrogen) atoms. The molecule has 0 N–H and O–H groups in total. The maximum Gasteiger partial charge on any atom is 0.331 e. The van der Waals surface area contributed by atoms with Gasteiger partial charge < -0.3 is 9.47 Å². The fraction of sp³-hybridized carbons (Fsp3) is 0.160. The van der Waals surface area contributed by atoms with E-state index in [2.05, 4.69) is 36.4 Å². The van der Waals surface area contributed by atoms with E-state index >= 15 is 0 Å². The second-order valence-electron chi connectivity index (χ2n) is 6.90. The second-order valence-corrected chi connectivity index (χ2v) is 6.90. The van der Waals surface area contributed by atoms with Gasteiger partial charge in [-0.2, -0.15) is 0 Å². The maximum absolute atomic E-state index is 11.6. The lowest BCUT2D eigenvalue weighted by atomic mass is 9.80. The van der Waals surface area contributed by atoms with Crippen molar-refractivity contribution in [1.82, 2.24) is 0 Å². The van der Waals surface area contributed by atoms with E-state index in [0.717, 1.165) is 22.3 Å². The van der Waals surface area contributed by atoms with Crippen LogP contribution in [0.25, 0.3) is 0 Å². The molecule has 3 heteroatoms. The number of rotatable bonds is 6. The third kappa shape index (κ3) is 3.37. The van der Waals surface area contributed by atoms with Gasteiger partial charge in [-0.15, -0.1) is 0 Å². The Bertz CT molecular complexity index is 866. The van der Waals surface area contributed by atoms with Gasteiger partial charge in [0.2, 0.25) is 0 Å². The van der Waals surface area contributed by atoms with Crippen molar-refractivity contribution in [2.45, 2.75) is 18.6 Å². The van der Waals surface area contributed by atoms with Crippen molar-refractivity contribution in [1.29, 1.82) is 0 Å². The molecule has 0 saturated heterocycles. The summed E-state index contributed by atoms with van der Waals surface area (Å²) in [6.45, 7) is 2.17. The average Bonchev–Trinajstić information content (AvgIpc) is 3.08. The maximum atomic E-state index is 11.6. The minimum Gasteiger partial charge on any atom is -0.452 e. The molecule has 0 amide bonds. The summed E-state index contributed by atoms with van der Waals surface area (Å²) in [6, 6.07) is 30.5. The first-order chi connectivity index (χ1) is 13.7. The molecule has 1 aliphatic rings. The van der Waals surface area contributed by atoms with Gasteiger partial charge >= 0.3 is 5.97 Å². The molecule has 1 heterocycles. The number of benzene rings is 3. The molecule has 3 nitrogen and oxygen atoms in total. The summed E-state index contributed by atoms with van der Waals surface area (Å²) < 4.78 is 12.1. The number of carbonyl (C=O) groups excluding carboxylic acids is 1. The van der Waals surface area contributed by atoms with E-state index in [-0.39, 0.29) is 18.7 Å². The van der Waals surface area contributed by atoms with Crippen molar-refractivity contribution in [3.05, 3.63) is 119 Å². The predicted octanol–water partition coefficient (Wildman–Crippen LogP) is 4.87. The highest BCUT2D eigenvalue weighted by Gasteiger charge is 2.39. The van der Waals surface area contributed by atoms with Crippen LogP contribution in [-0.4, -0.2) is 18.7 Å². The van der Waals surface area contributed by atoms with Crippen molar-refractivity contribution < 1.29 is 14.3 Å². The summed E-state index contributed by atoms with van der Waals surface area (Å²) in [5, 5.41) is 0. The minimum atomic E-state index is -0.806. The van der Waals surface area contributed by atoms with Crippen LogP contribution in [0.2, 0.25) is 0 Å². The van der Waals surface area contributed by atoms with Crippen LogP contribution in [0.15, 0.2) is 103 Å². The van der Waals surface area contributed by atoms with E-state index < -0.39 is 5.60 Å². The highest BCUT2D eigenvalue weighted by molar-refractivity contribution is 5.85. The summed E-state index contributed by atoms with van der Waals surface area (Å²) in [5.41, 5.74) is 3.15. The van der Waals surface area contributed by atoms with Crippen LogP contribution in [0.4, 0.5) is 0 Å². The fourth-order valence-electron chi connectivity index (χ4n) is 3.68. The number of hydrogen-bond acceptors (Lipinski definition) is 3. The Hall–Kier alpha value is -3.17. The summed E-state index contributed by atoms with van der Waals surface area (Å²) in [5.74, 6) is -0.309. The van der Waals surface area contributed by atoms with Gasteiger partial charge in [-0.25, -0.2) is 4.79 Å². The first-order valence-corrected chi connectivity index (χ1v) is 9.39. The van der Waals surface area contributed by atoms with Gasteiger partial charge in [-0.3, -0.25) is 0 Å². The molecule has 0 spiro atoms. The van der Waals surface area contributed by atoms with Gasteiger partial charge in [0.05, 0.1) is 6.61 Å².